The van der Waals surface area contributed by atoms with Crippen molar-refractivity contribution in [1.29, 1.82) is 0 Å². The highest BCUT2D eigenvalue weighted by Crippen LogP contribution is 2.70. The van der Waals surface area contributed by atoms with Crippen LogP contribution in [0.3, 0.4) is 0 Å². The lowest BCUT2D eigenvalue weighted by Gasteiger charge is -2.37. The second-order valence-corrected chi connectivity index (χ2v) is 12.8. The zero-order chi connectivity index (χ0) is 21.8. The number of ether oxygens (including phenoxy) is 2. The van der Waals surface area contributed by atoms with Crippen LogP contribution in [0.1, 0.15) is 63.5 Å². The molecule has 0 radical (unpaired) electrons. The summed E-state index contributed by atoms with van der Waals surface area (Å²) in [7, 11) is -3.57. The maximum Gasteiger partial charge on any atom is 0.240 e. The van der Waals surface area contributed by atoms with E-state index in [0.29, 0.717) is 25.6 Å². The number of nitrogens with zero attached hydrogens (tertiary/aromatic N) is 1. The molecule has 0 unspecified atom stereocenters. The van der Waals surface area contributed by atoms with Gasteiger partial charge >= 0.3 is 0 Å². The van der Waals surface area contributed by atoms with Crippen LogP contribution in [0.2, 0.25) is 0 Å². The van der Waals surface area contributed by atoms with Crippen LogP contribution in [0.15, 0.2) is 24.3 Å². The topological polar surface area (TPSA) is 72.9 Å². The third kappa shape index (κ3) is 2.51. The quantitative estimate of drug-likeness (QED) is 0.713. The lowest BCUT2D eigenvalue weighted by molar-refractivity contribution is -0.150. The Morgan fingerprint density at radius 2 is 1.81 bits per heavy atom. The van der Waals surface area contributed by atoms with Crippen molar-refractivity contribution in [3.05, 3.63) is 35.4 Å². The fourth-order valence-corrected chi connectivity index (χ4v) is 10.0. The molecule has 0 N–H and O–H groups in total. The van der Waals surface area contributed by atoms with Crippen molar-refractivity contribution in [3.63, 3.8) is 0 Å². The van der Waals surface area contributed by atoms with Crippen LogP contribution in [0.4, 0.5) is 0 Å². The van der Waals surface area contributed by atoms with Gasteiger partial charge in [0.25, 0.3) is 0 Å². The lowest BCUT2D eigenvalue weighted by atomic mass is 9.69. The van der Waals surface area contributed by atoms with E-state index < -0.39 is 15.8 Å². The van der Waals surface area contributed by atoms with E-state index in [-0.39, 0.29) is 40.4 Å². The van der Waals surface area contributed by atoms with Crippen molar-refractivity contribution in [2.45, 2.75) is 64.2 Å². The van der Waals surface area contributed by atoms with E-state index in [9.17, 15) is 13.2 Å². The maximum atomic E-state index is 13.6. The summed E-state index contributed by atoms with van der Waals surface area (Å²) in [6, 6.07) is 7.80. The molecule has 1 aromatic rings. The van der Waals surface area contributed by atoms with Crippen LogP contribution >= 0.6 is 0 Å². The van der Waals surface area contributed by atoms with Gasteiger partial charge in [0.15, 0.2) is 5.79 Å². The molecule has 5 aliphatic rings. The van der Waals surface area contributed by atoms with Gasteiger partial charge in [0.1, 0.15) is 0 Å². The van der Waals surface area contributed by atoms with Crippen LogP contribution in [0.25, 0.3) is 0 Å². The minimum Gasteiger partial charge on any atom is -0.344 e. The number of benzene rings is 1. The van der Waals surface area contributed by atoms with Gasteiger partial charge in [-0.05, 0) is 55.4 Å². The fourth-order valence-electron chi connectivity index (χ4n) is 7.46. The normalized spacial score (nSPS) is 40.8. The number of carbonyl (C=O) groups is 1. The summed E-state index contributed by atoms with van der Waals surface area (Å²) in [6.45, 7) is 7.44. The predicted molar refractivity (Wildman–Crippen MR) is 115 cm³/mol. The van der Waals surface area contributed by atoms with Crippen molar-refractivity contribution in [2.24, 2.45) is 22.7 Å². The highest BCUT2D eigenvalue weighted by molar-refractivity contribution is 7.90. The van der Waals surface area contributed by atoms with Gasteiger partial charge in [-0.2, -0.15) is 0 Å². The molecule has 31 heavy (non-hydrogen) atoms. The van der Waals surface area contributed by atoms with Gasteiger partial charge < -0.3 is 9.47 Å². The van der Waals surface area contributed by atoms with Crippen molar-refractivity contribution >= 4 is 15.9 Å². The number of amides is 1. The molecule has 168 valence electrons. The highest BCUT2D eigenvalue weighted by Gasteiger charge is 2.73. The molecule has 6 nitrogen and oxygen atoms in total. The number of carbonyl (C=O) groups excluding carboxylic acids is 1. The molecule has 5 atom stereocenters. The summed E-state index contributed by atoms with van der Waals surface area (Å²) in [5, 5.41) is 0. The second-order valence-electron chi connectivity index (χ2n) is 10.9. The average molecular weight is 446 g/mol. The summed E-state index contributed by atoms with van der Waals surface area (Å²) in [4.78, 5) is 13.6. The Morgan fingerprint density at radius 1 is 1.10 bits per heavy atom. The van der Waals surface area contributed by atoms with Crippen molar-refractivity contribution in [3.8, 4) is 0 Å². The van der Waals surface area contributed by atoms with Gasteiger partial charge in [0.05, 0.1) is 25.0 Å². The summed E-state index contributed by atoms with van der Waals surface area (Å²) in [6.07, 6.45) is 3.51. The number of hydrogen-bond donors (Lipinski definition) is 0. The molecule has 1 aromatic carbocycles. The molecule has 2 bridgehead atoms. The van der Waals surface area contributed by atoms with Crippen molar-refractivity contribution in [2.75, 3.05) is 19.0 Å². The SMILES string of the molecule is CC1(c2ccccc2[C@H]2C[C@@H]2C(=O)N2[C@H]3C[C@@H]4CC[C@@]3(CS2(=O)=O)C4(C)C)OCCO1. The number of fused-ring (bicyclic) bond motifs is 1. The van der Waals surface area contributed by atoms with Gasteiger partial charge in [-0.1, -0.05) is 38.1 Å². The minimum atomic E-state index is -3.57. The molecular weight excluding hydrogens is 414 g/mol. The molecule has 3 saturated carbocycles. The van der Waals surface area contributed by atoms with Crippen molar-refractivity contribution in [1.82, 2.24) is 4.31 Å². The van der Waals surface area contributed by atoms with Crippen LogP contribution in [-0.4, -0.2) is 43.6 Å². The van der Waals surface area contributed by atoms with Crippen LogP contribution in [0, 0.1) is 22.7 Å². The van der Waals surface area contributed by atoms with E-state index in [1.165, 1.54) is 4.31 Å². The Hall–Kier alpha value is -1.44. The average Bonchev–Trinajstić information content (AvgIpc) is 3.17. The van der Waals surface area contributed by atoms with Crippen LogP contribution in [-0.2, 0) is 30.1 Å². The summed E-state index contributed by atoms with van der Waals surface area (Å²) in [5.74, 6) is -0.609. The van der Waals surface area contributed by atoms with E-state index in [0.717, 1.165) is 30.4 Å². The maximum absolute atomic E-state index is 13.6. The molecule has 5 fully saturated rings. The van der Waals surface area contributed by atoms with Gasteiger partial charge in [0, 0.05) is 16.9 Å². The first-order valence-electron chi connectivity index (χ1n) is 11.5. The smallest absolute Gasteiger partial charge is 0.240 e. The zero-order valence-corrected chi connectivity index (χ0v) is 19.3. The van der Waals surface area contributed by atoms with Crippen molar-refractivity contribution < 1.29 is 22.7 Å². The third-order valence-electron chi connectivity index (χ3n) is 9.42. The molecule has 0 aromatic heterocycles. The first-order chi connectivity index (χ1) is 14.6. The molecule has 7 heteroatoms. The third-order valence-corrected chi connectivity index (χ3v) is 11.3. The number of rotatable bonds is 3. The Morgan fingerprint density at radius 3 is 2.52 bits per heavy atom. The Bertz CT molecular complexity index is 1060. The van der Waals surface area contributed by atoms with Gasteiger partial charge in [-0.25, -0.2) is 12.7 Å². The highest BCUT2D eigenvalue weighted by atomic mass is 32.2. The van der Waals surface area contributed by atoms with E-state index in [1.807, 2.05) is 31.2 Å². The molecule has 3 aliphatic carbocycles. The van der Waals surface area contributed by atoms with Crippen LogP contribution < -0.4 is 0 Å². The standard InChI is InChI=1S/C24H31NO5S/c1-22(2)15-8-9-24(22)14-31(27,28)25(20(24)12-15)21(26)18-13-17(18)16-6-4-5-7-19(16)23(3)29-10-11-30-23/h4-7,15,17-18,20H,8-14H2,1-3H3/t15-,17+,18-,20-,24-/m0/s1. The molecule has 1 amide bonds. The number of hydrogen-bond acceptors (Lipinski definition) is 5. The summed E-state index contributed by atoms with van der Waals surface area (Å²) in [5.41, 5.74) is 1.70. The molecule has 2 heterocycles. The summed E-state index contributed by atoms with van der Waals surface area (Å²) >= 11 is 0. The monoisotopic (exact) mass is 445 g/mol. The van der Waals surface area contributed by atoms with Gasteiger partial charge in [0.2, 0.25) is 15.9 Å². The lowest BCUT2D eigenvalue weighted by Crippen LogP contribution is -2.44. The van der Waals surface area contributed by atoms with Gasteiger partial charge in [-0.3, -0.25) is 4.79 Å². The molecule has 1 spiro atoms. The predicted octanol–water partition coefficient (Wildman–Crippen LogP) is 3.38. The largest absolute Gasteiger partial charge is 0.344 e. The van der Waals surface area contributed by atoms with Gasteiger partial charge in [-0.15, -0.1) is 0 Å². The van der Waals surface area contributed by atoms with Crippen LogP contribution in [0.5, 0.6) is 0 Å². The van der Waals surface area contributed by atoms with E-state index in [2.05, 4.69) is 13.8 Å². The molecule has 6 rings (SSSR count). The Balaban J connectivity index is 1.30. The fraction of sp³-hybridized carbons (Fsp3) is 0.708. The van der Waals surface area contributed by atoms with E-state index in [1.54, 1.807) is 0 Å². The first-order valence-corrected chi connectivity index (χ1v) is 13.1. The molecule has 2 saturated heterocycles. The summed E-state index contributed by atoms with van der Waals surface area (Å²) < 4.78 is 39.6. The zero-order valence-electron chi connectivity index (χ0n) is 18.5. The first kappa shape index (κ1) is 20.2. The molecule has 2 aliphatic heterocycles. The second kappa shape index (κ2) is 6.12. The van der Waals surface area contributed by atoms with E-state index in [4.69, 9.17) is 9.47 Å². The molecular formula is C24H31NO5S. The number of sulfonamides is 1. The Labute approximate surface area is 184 Å². The minimum absolute atomic E-state index is 0.0201. The van der Waals surface area contributed by atoms with E-state index >= 15 is 0 Å². The Kier molecular flexibility index (Phi) is 3.98.